The van der Waals surface area contributed by atoms with Gasteiger partial charge in [-0.05, 0) is 42.4 Å². The van der Waals surface area contributed by atoms with E-state index in [0.29, 0.717) is 13.0 Å². The lowest BCUT2D eigenvalue weighted by Gasteiger charge is -2.27. The molecule has 1 saturated carbocycles. The number of ether oxygens (including phenoxy) is 1. The third-order valence-corrected chi connectivity index (χ3v) is 9.65. The molecule has 38 heavy (non-hydrogen) atoms. The topological polar surface area (TPSA) is 95.7 Å². The summed E-state index contributed by atoms with van der Waals surface area (Å²) in [7, 11) is 1.97. The minimum atomic E-state index is -0.362. The average Bonchev–Trinajstić information content (AvgIpc) is 3.49. The van der Waals surface area contributed by atoms with Crippen molar-refractivity contribution in [1.29, 1.82) is 5.26 Å². The van der Waals surface area contributed by atoms with Gasteiger partial charge in [-0.2, -0.15) is 10.4 Å². The van der Waals surface area contributed by atoms with Gasteiger partial charge in [0.2, 0.25) is 0 Å². The normalized spacial score (nSPS) is 22.0. The number of likely N-dealkylation sites (tertiary alicyclic amines) is 1. The van der Waals surface area contributed by atoms with Crippen LogP contribution in [-0.2, 0) is 24.0 Å². The molecule has 0 radical (unpaired) electrons. The van der Waals surface area contributed by atoms with Crippen molar-refractivity contribution in [2.45, 2.75) is 37.9 Å². The van der Waals surface area contributed by atoms with Crippen molar-refractivity contribution in [1.82, 2.24) is 29.6 Å². The van der Waals surface area contributed by atoms with Gasteiger partial charge in [0.05, 0.1) is 40.5 Å². The molecule has 1 atom stereocenters. The summed E-state index contributed by atoms with van der Waals surface area (Å²) in [6, 6.07) is 9.00. The molecule has 6 heterocycles. The molecule has 9 heteroatoms. The number of benzene rings is 1. The van der Waals surface area contributed by atoms with Gasteiger partial charge in [0.1, 0.15) is 11.2 Å². The van der Waals surface area contributed by atoms with Gasteiger partial charge in [0.15, 0.2) is 0 Å². The Morgan fingerprint density at radius 1 is 1.21 bits per heavy atom. The monoisotopic (exact) mass is 521 g/mol. The molecular formula is C29H27N7OS. The number of pyridine rings is 1. The number of aromatic amines is 1. The predicted octanol–water partition coefficient (Wildman–Crippen LogP) is 5.37. The van der Waals surface area contributed by atoms with Gasteiger partial charge in [-0.15, -0.1) is 11.3 Å². The van der Waals surface area contributed by atoms with Gasteiger partial charge in [0.25, 0.3) is 0 Å². The molecule has 1 saturated heterocycles. The van der Waals surface area contributed by atoms with Crippen LogP contribution >= 0.6 is 11.3 Å². The quantitative estimate of drug-likeness (QED) is 0.334. The minimum absolute atomic E-state index is 0.187. The maximum atomic E-state index is 9.34. The van der Waals surface area contributed by atoms with Crippen LogP contribution in [0.15, 0.2) is 42.3 Å². The van der Waals surface area contributed by atoms with Gasteiger partial charge in [-0.1, -0.05) is 6.07 Å². The Balaban J connectivity index is 1.31. The van der Waals surface area contributed by atoms with Crippen molar-refractivity contribution < 1.29 is 4.74 Å². The summed E-state index contributed by atoms with van der Waals surface area (Å²) in [5, 5.41) is 16.1. The summed E-state index contributed by atoms with van der Waals surface area (Å²) in [6.45, 7) is 3.41. The molecule has 1 aliphatic carbocycles. The molecule has 1 aromatic carbocycles. The molecule has 1 N–H and O–H groups in total. The zero-order valence-electron chi connectivity index (χ0n) is 21.2. The molecule has 0 amide bonds. The summed E-state index contributed by atoms with van der Waals surface area (Å²) in [6.07, 6.45) is 9.77. The molecular weight excluding hydrogens is 494 g/mol. The Labute approximate surface area is 223 Å². The zero-order valence-corrected chi connectivity index (χ0v) is 22.0. The lowest BCUT2D eigenvalue weighted by Crippen LogP contribution is -2.34. The van der Waals surface area contributed by atoms with Crippen molar-refractivity contribution in [3.63, 3.8) is 0 Å². The second-order valence-electron chi connectivity index (χ2n) is 11.2. The van der Waals surface area contributed by atoms with Crippen molar-refractivity contribution >= 4 is 33.3 Å². The maximum absolute atomic E-state index is 9.34. The van der Waals surface area contributed by atoms with Gasteiger partial charge in [-0.25, -0.2) is 4.98 Å². The molecule has 8 nitrogen and oxygen atoms in total. The van der Waals surface area contributed by atoms with E-state index in [9.17, 15) is 5.26 Å². The second-order valence-corrected chi connectivity index (χ2v) is 12.1. The van der Waals surface area contributed by atoms with Gasteiger partial charge in [0, 0.05) is 73.0 Å². The highest BCUT2D eigenvalue weighted by Gasteiger charge is 2.51. The number of hydrogen-bond donors (Lipinski definition) is 1. The van der Waals surface area contributed by atoms with E-state index < -0.39 is 0 Å². The first-order valence-corrected chi connectivity index (χ1v) is 14.0. The fraction of sp³-hybridized carbons (Fsp3) is 0.379. The first-order chi connectivity index (χ1) is 18.6. The smallest absolute Gasteiger partial charge is 0.138 e. The summed E-state index contributed by atoms with van der Waals surface area (Å²) in [5.74, 6) is 0. The lowest BCUT2D eigenvalue weighted by atomic mass is 9.87. The van der Waals surface area contributed by atoms with E-state index in [1.54, 1.807) is 11.3 Å². The van der Waals surface area contributed by atoms with E-state index >= 15 is 0 Å². The minimum Gasteiger partial charge on any atom is -0.364 e. The zero-order chi connectivity index (χ0) is 25.5. The molecule has 3 aliphatic rings. The van der Waals surface area contributed by atoms with E-state index in [4.69, 9.17) is 9.72 Å². The maximum Gasteiger partial charge on any atom is 0.138 e. The van der Waals surface area contributed by atoms with Gasteiger partial charge >= 0.3 is 0 Å². The summed E-state index contributed by atoms with van der Waals surface area (Å²) < 4.78 is 8.60. The molecule has 190 valence electrons. The van der Waals surface area contributed by atoms with Crippen LogP contribution in [0.1, 0.15) is 36.8 Å². The van der Waals surface area contributed by atoms with Crippen molar-refractivity contribution in [3.05, 3.63) is 53.4 Å². The number of nitrogens with zero attached hydrogens (tertiary/aromatic N) is 6. The molecule has 0 unspecified atom stereocenters. The number of H-pyrrole nitrogens is 1. The van der Waals surface area contributed by atoms with E-state index in [1.807, 2.05) is 35.8 Å². The summed E-state index contributed by atoms with van der Waals surface area (Å²) >= 11 is 1.63. The lowest BCUT2D eigenvalue weighted by molar-refractivity contribution is -0.0296. The van der Waals surface area contributed by atoms with Crippen LogP contribution in [0.5, 0.6) is 0 Å². The van der Waals surface area contributed by atoms with E-state index in [-0.39, 0.29) is 11.0 Å². The summed E-state index contributed by atoms with van der Waals surface area (Å²) in [5.41, 5.74) is 9.50. The third kappa shape index (κ3) is 3.24. The largest absolute Gasteiger partial charge is 0.364 e. The van der Waals surface area contributed by atoms with Crippen LogP contribution in [0.25, 0.3) is 43.6 Å². The Kier molecular flexibility index (Phi) is 4.70. The number of nitriles is 1. The SMILES string of the molecule is Cn1ncc2cc(-c3c(-c4cncs4)[nH]c4ncc5c(c34)[C@@]3(CCN(CC4(CC#N)CC4)C3)OC5)ccc21. The molecule has 2 aliphatic heterocycles. The Hall–Kier alpha value is -3.58. The first-order valence-electron chi connectivity index (χ1n) is 13.2. The first kappa shape index (κ1) is 22.4. The molecule has 0 bridgehead atoms. The molecule has 1 spiro atoms. The van der Waals surface area contributed by atoms with Crippen LogP contribution in [-0.4, -0.2) is 49.3 Å². The Morgan fingerprint density at radius 3 is 2.95 bits per heavy atom. The molecule has 4 aromatic heterocycles. The molecule has 5 aromatic rings. The predicted molar refractivity (Wildman–Crippen MR) is 146 cm³/mol. The number of hydrogen-bond acceptors (Lipinski definition) is 7. The van der Waals surface area contributed by atoms with Crippen molar-refractivity contribution in [2.24, 2.45) is 12.5 Å². The van der Waals surface area contributed by atoms with E-state index in [1.165, 1.54) is 11.1 Å². The van der Waals surface area contributed by atoms with E-state index in [0.717, 1.165) is 82.5 Å². The average molecular weight is 522 g/mol. The number of aryl methyl sites for hydroxylation is 1. The highest BCUT2D eigenvalue weighted by Crippen LogP contribution is 2.53. The van der Waals surface area contributed by atoms with Crippen LogP contribution < -0.4 is 0 Å². The van der Waals surface area contributed by atoms with Crippen LogP contribution in [0.2, 0.25) is 0 Å². The third-order valence-electron chi connectivity index (χ3n) is 8.86. The highest BCUT2D eigenvalue weighted by molar-refractivity contribution is 7.13. The fourth-order valence-corrected chi connectivity index (χ4v) is 7.40. The van der Waals surface area contributed by atoms with Crippen LogP contribution in [0, 0.1) is 16.7 Å². The number of aromatic nitrogens is 5. The van der Waals surface area contributed by atoms with Gasteiger partial charge in [-0.3, -0.25) is 14.6 Å². The molecule has 8 rings (SSSR count). The number of nitrogens with one attached hydrogen (secondary N) is 1. The fourth-order valence-electron chi connectivity index (χ4n) is 6.77. The number of thiazole rings is 1. The number of rotatable bonds is 5. The Bertz CT molecular complexity index is 1760. The number of fused-ring (bicyclic) bond motifs is 5. The molecule has 2 fully saturated rings. The van der Waals surface area contributed by atoms with Crippen molar-refractivity contribution in [3.8, 4) is 27.8 Å². The van der Waals surface area contributed by atoms with Gasteiger partial charge < -0.3 is 9.72 Å². The van der Waals surface area contributed by atoms with E-state index in [2.05, 4.69) is 44.2 Å². The Morgan fingerprint density at radius 2 is 2.13 bits per heavy atom. The standard InChI is InChI=1S/C29H27N7OS/c1-35-21-3-2-18(10-19(21)12-33-35)23-24-25-20(11-32-27(24)34-26(23)22-13-31-17-38-22)14-37-29(25)7-9-36(16-29)15-28(4-5-28)6-8-30/h2-3,10-13,17H,4-7,9,14-16H2,1H3,(H,32,34)/t29-/m0/s1. The second kappa shape index (κ2) is 7.96. The van der Waals surface area contributed by atoms with Crippen LogP contribution in [0.4, 0.5) is 0 Å². The highest BCUT2D eigenvalue weighted by atomic mass is 32.1. The van der Waals surface area contributed by atoms with Crippen molar-refractivity contribution in [2.75, 3.05) is 19.6 Å². The summed E-state index contributed by atoms with van der Waals surface area (Å²) in [4.78, 5) is 16.5. The van der Waals surface area contributed by atoms with Crippen LogP contribution in [0.3, 0.4) is 0 Å².